The van der Waals surface area contributed by atoms with Gasteiger partial charge in [-0.15, -0.1) is 0 Å². The third kappa shape index (κ3) is 4.12. The molecule has 1 rings (SSSR count). The molecule has 0 radical (unpaired) electrons. The van der Waals surface area contributed by atoms with E-state index in [-0.39, 0.29) is 12.5 Å². The van der Waals surface area contributed by atoms with Crippen LogP contribution in [0.2, 0.25) is 0 Å². The highest BCUT2D eigenvalue weighted by atomic mass is 16.5. The van der Waals surface area contributed by atoms with Crippen molar-refractivity contribution in [2.24, 2.45) is 0 Å². The van der Waals surface area contributed by atoms with Gasteiger partial charge in [-0.05, 0) is 18.2 Å². The summed E-state index contributed by atoms with van der Waals surface area (Å²) in [6.07, 6.45) is 4.58. The molecule has 1 aromatic heterocycles. The second-order valence-electron chi connectivity index (χ2n) is 2.74. The number of aromatic nitrogens is 1. The predicted molar refractivity (Wildman–Crippen MR) is 54.9 cm³/mol. The number of carbonyl (C=O) groups excluding carboxylic acids is 2. The van der Waals surface area contributed by atoms with Gasteiger partial charge in [-0.1, -0.05) is 0 Å². The summed E-state index contributed by atoms with van der Waals surface area (Å²) in [4.78, 5) is 24.7. The van der Waals surface area contributed by atoms with E-state index in [0.29, 0.717) is 0 Å². The zero-order valence-corrected chi connectivity index (χ0v) is 8.32. The van der Waals surface area contributed by atoms with Crippen molar-refractivity contribution in [3.05, 3.63) is 30.1 Å². The van der Waals surface area contributed by atoms with Crippen molar-refractivity contribution < 1.29 is 14.3 Å². The van der Waals surface area contributed by atoms with Gasteiger partial charge in [0.05, 0.1) is 0 Å². The molecule has 1 amide bonds. The van der Waals surface area contributed by atoms with Crippen LogP contribution in [0.3, 0.4) is 0 Å². The van der Waals surface area contributed by atoms with Gasteiger partial charge in [0.25, 0.3) is 5.91 Å². The van der Waals surface area contributed by atoms with Crippen LogP contribution in [-0.2, 0) is 14.3 Å². The molecule has 0 bridgehead atoms. The fourth-order valence-corrected chi connectivity index (χ4v) is 0.863. The van der Waals surface area contributed by atoms with Crippen LogP contribution in [0.5, 0.6) is 0 Å². The van der Waals surface area contributed by atoms with Gasteiger partial charge in [-0.3, -0.25) is 4.79 Å². The number of esters is 1. The molecule has 0 aliphatic rings. The van der Waals surface area contributed by atoms with Gasteiger partial charge in [-0.2, -0.15) is 0 Å². The first kappa shape index (κ1) is 11.0. The molecule has 0 aliphatic heterocycles. The Balaban J connectivity index is 2.33. The molecule has 0 unspecified atom stereocenters. The Morgan fingerprint density at radius 3 is 3.00 bits per heavy atom. The number of ether oxygens (including phenoxy) is 1. The summed E-state index contributed by atoms with van der Waals surface area (Å²) in [5.41, 5.74) is 0.798. The van der Waals surface area contributed by atoms with Crippen LogP contribution in [-0.4, -0.2) is 30.5 Å². The van der Waals surface area contributed by atoms with Gasteiger partial charge in [0, 0.05) is 25.0 Å². The fraction of sp³-hybridized carbons (Fsp3) is 0.200. The Labute approximate surface area is 87.1 Å². The number of hydrogen-bond donors (Lipinski definition) is 2. The zero-order valence-electron chi connectivity index (χ0n) is 8.32. The minimum Gasteiger partial charge on any atom is -0.452 e. The Hall–Kier alpha value is -2.04. The van der Waals surface area contributed by atoms with Crippen molar-refractivity contribution in [2.75, 3.05) is 13.7 Å². The minimum atomic E-state index is -0.548. The average molecular weight is 208 g/mol. The van der Waals surface area contributed by atoms with Crippen molar-refractivity contribution in [2.45, 2.75) is 0 Å². The molecule has 0 saturated heterocycles. The lowest BCUT2D eigenvalue weighted by Gasteiger charge is -1.99. The highest BCUT2D eigenvalue weighted by Gasteiger charge is 2.01. The van der Waals surface area contributed by atoms with Crippen molar-refractivity contribution in [1.29, 1.82) is 0 Å². The van der Waals surface area contributed by atoms with E-state index in [1.54, 1.807) is 12.3 Å². The van der Waals surface area contributed by atoms with Gasteiger partial charge in [0.15, 0.2) is 6.61 Å². The van der Waals surface area contributed by atoms with Gasteiger partial charge in [0.1, 0.15) is 0 Å². The maximum absolute atomic E-state index is 11.1. The topological polar surface area (TPSA) is 71.2 Å². The van der Waals surface area contributed by atoms with Gasteiger partial charge in [0.2, 0.25) is 0 Å². The van der Waals surface area contributed by atoms with Crippen molar-refractivity contribution in [3.63, 3.8) is 0 Å². The van der Waals surface area contributed by atoms with Crippen LogP contribution in [0.4, 0.5) is 0 Å². The summed E-state index contributed by atoms with van der Waals surface area (Å²) in [6, 6.07) is 3.62. The highest BCUT2D eigenvalue weighted by Crippen LogP contribution is 1.97. The summed E-state index contributed by atoms with van der Waals surface area (Å²) in [5.74, 6) is -0.884. The van der Waals surface area contributed by atoms with Crippen molar-refractivity contribution in [3.8, 4) is 0 Å². The van der Waals surface area contributed by atoms with Crippen LogP contribution in [0.15, 0.2) is 24.4 Å². The molecular formula is C10H12N2O3. The Bertz CT molecular complexity index is 355. The maximum atomic E-state index is 11.1. The molecule has 0 fully saturated rings. The third-order valence-corrected chi connectivity index (χ3v) is 1.65. The normalized spacial score (nSPS) is 10.2. The zero-order chi connectivity index (χ0) is 11.1. The molecule has 1 aromatic rings. The monoisotopic (exact) mass is 208 g/mol. The van der Waals surface area contributed by atoms with Crippen molar-refractivity contribution >= 4 is 18.0 Å². The van der Waals surface area contributed by atoms with Crippen LogP contribution in [0, 0.1) is 0 Å². The summed E-state index contributed by atoms with van der Waals surface area (Å²) in [5, 5.41) is 2.34. The Kier molecular flexibility index (Phi) is 4.15. The average Bonchev–Trinajstić information content (AvgIpc) is 2.75. The van der Waals surface area contributed by atoms with E-state index in [0.717, 1.165) is 5.69 Å². The predicted octanol–water partition coefficient (Wildman–Crippen LogP) is 0.317. The van der Waals surface area contributed by atoms with Crippen LogP contribution >= 0.6 is 0 Å². The first-order valence-corrected chi connectivity index (χ1v) is 4.41. The second-order valence-corrected chi connectivity index (χ2v) is 2.74. The largest absolute Gasteiger partial charge is 0.452 e. The van der Waals surface area contributed by atoms with E-state index in [4.69, 9.17) is 0 Å². The molecule has 15 heavy (non-hydrogen) atoms. The molecule has 2 N–H and O–H groups in total. The van der Waals surface area contributed by atoms with Crippen LogP contribution in [0.1, 0.15) is 5.69 Å². The Morgan fingerprint density at radius 2 is 2.40 bits per heavy atom. The number of H-pyrrole nitrogens is 1. The van der Waals surface area contributed by atoms with Crippen LogP contribution in [0.25, 0.3) is 6.08 Å². The standard InChI is InChI=1S/C10H12N2O3/c1-11-9(13)7-15-10(14)5-4-8-3-2-6-12-8/h2-6,12H,7H2,1H3,(H,11,13)/b5-4+. The first-order valence-electron chi connectivity index (χ1n) is 4.41. The lowest BCUT2D eigenvalue weighted by Crippen LogP contribution is -2.24. The minimum absolute atomic E-state index is 0.260. The number of nitrogens with one attached hydrogen (secondary N) is 2. The van der Waals surface area contributed by atoms with Crippen molar-refractivity contribution in [1.82, 2.24) is 10.3 Å². The quantitative estimate of drug-likeness (QED) is 0.553. The van der Waals surface area contributed by atoms with E-state index in [1.807, 2.05) is 12.1 Å². The molecule has 1 heterocycles. The lowest BCUT2D eigenvalue weighted by atomic mass is 10.4. The molecule has 5 nitrogen and oxygen atoms in total. The Morgan fingerprint density at radius 1 is 1.60 bits per heavy atom. The van der Waals surface area contributed by atoms with Gasteiger partial charge < -0.3 is 15.0 Å². The lowest BCUT2D eigenvalue weighted by molar-refractivity contribution is -0.143. The number of aromatic amines is 1. The molecule has 0 aromatic carbocycles. The van der Waals surface area contributed by atoms with Crippen LogP contribution < -0.4 is 5.32 Å². The summed E-state index contributed by atoms with van der Waals surface area (Å²) >= 11 is 0. The van der Waals surface area contributed by atoms with E-state index < -0.39 is 5.97 Å². The number of amides is 1. The molecule has 0 spiro atoms. The number of rotatable bonds is 4. The van der Waals surface area contributed by atoms with E-state index in [9.17, 15) is 9.59 Å². The molecule has 5 heteroatoms. The second kappa shape index (κ2) is 5.64. The highest BCUT2D eigenvalue weighted by molar-refractivity contribution is 5.88. The molecule has 0 aliphatic carbocycles. The number of hydrogen-bond acceptors (Lipinski definition) is 3. The maximum Gasteiger partial charge on any atom is 0.331 e. The summed E-state index contributed by atoms with van der Waals surface area (Å²) < 4.78 is 4.64. The van der Waals surface area contributed by atoms with Gasteiger partial charge in [-0.25, -0.2) is 4.79 Å². The third-order valence-electron chi connectivity index (χ3n) is 1.65. The smallest absolute Gasteiger partial charge is 0.331 e. The fourth-order valence-electron chi connectivity index (χ4n) is 0.863. The molecule has 80 valence electrons. The molecular weight excluding hydrogens is 196 g/mol. The summed E-state index contributed by atoms with van der Waals surface area (Å²) in [6.45, 7) is -0.260. The molecule has 0 atom stereocenters. The molecule has 0 saturated carbocycles. The van der Waals surface area contributed by atoms with E-state index in [2.05, 4.69) is 15.0 Å². The first-order chi connectivity index (χ1) is 7.22. The van der Waals surface area contributed by atoms with E-state index >= 15 is 0 Å². The summed E-state index contributed by atoms with van der Waals surface area (Å²) in [7, 11) is 1.48. The van der Waals surface area contributed by atoms with Gasteiger partial charge >= 0.3 is 5.97 Å². The number of carbonyl (C=O) groups is 2. The SMILES string of the molecule is CNC(=O)COC(=O)/C=C/c1ccc[nH]1. The number of likely N-dealkylation sites (N-methyl/N-ethyl adjacent to an activating group) is 1. The van der Waals surface area contributed by atoms with E-state index in [1.165, 1.54) is 13.1 Å².